The van der Waals surface area contributed by atoms with Crippen LogP contribution in [0.5, 0.6) is 0 Å². The van der Waals surface area contributed by atoms with E-state index in [-0.39, 0.29) is 0 Å². The van der Waals surface area contributed by atoms with E-state index in [1.54, 1.807) is 0 Å². The molecule has 3 aromatic heterocycles. The number of hydrogen-bond donors (Lipinski definition) is 0. The van der Waals surface area contributed by atoms with Crippen molar-refractivity contribution in [2.75, 3.05) is 0 Å². The molecule has 0 saturated carbocycles. The summed E-state index contributed by atoms with van der Waals surface area (Å²) >= 11 is 0. The van der Waals surface area contributed by atoms with Crippen LogP contribution in [0.2, 0.25) is 0 Å². The predicted octanol–water partition coefficient (Wildman–Crippen LogP) is 12.4. The molecule has 3 heteroatoms. The maximum Gasteiger partial charge on any atom is 0.0710 e. The Balaban J connectivity index is 1.16. The van der Waals surface area contributed by atoms with Gasteiger partial charge in [0.25, 0.3) is 0 Å². The number of pyridine rings is 1. The Morgan fingerprint density at radius 3 is 1.42 bits per heavy atom. The highest BCUT2D eigenvalue weighted by Crippen LogP contribution is 2.42. The fourth-order valence-corrected chi connectivity index (χ4v) is 8.41. The first-order valence-corrected chi connectivity index (χ1v) is 17.1. The van der Waals surface area contributed by atoms with E-state index in [0.717, 1.165) is 28.1 Å². The van der Waals surface area contributed by atoms with E-state index in [2.05, 4.69) is 179 Å². The zero-order valence-electron chi connectivity index (χ0n) is 27.1. The summed E-state index contributed by atoms with van der Waals surface area (Å²) in [7, 11) is 0. The molecule has 0 aliphatic carbocycles. The van der Waals surface area contributed by atoms with Crippen LogP contribution in [-0.4, -0.2) is 14.1 Å². The van der Waals surface area contributed by atoms with Crippen molar-refractivity contribution < 1.29 is 0 Å². The highest BCUT2D eigenvalue weighted by atomic mass is 15.0. The highest BCUT2D eigenvalue weighted by Gasteiger charge is 2.19. The predicted molar refractivity (Wildman–Crippen MR) is 211 cm³/mol. The Kier molecular flexibility index (Phi) is 5.67. The molecule has 0 spiro atoms. The number of benzene rings is 8. The molecule has 0 bridgehead atoms. The molecule has 50 heavy (non-hydrogen) atoms. The van der Waals surface area contributed by atoms with E-state index in [4.69, 9.17) is 4.98 Å². The van der Waals surface area contributed by atoms with Crippen LogP contribution in [0, 0.1) is 0 Å². The molecule has 0 N–H and O–H groups in total. The molecule has 0 atom stereocenters. The maximum absolute atomic E-state index is 5.19. The van der Waals surface area contributed by atoms with Gasteiger partial charge < -0.3 is 9.13 Å². The minimum Gasteiger partial charge on any atom is -0.309 e. The summed E-state index contributed by atoms with van der Waals surface area (Å²) in [5.74, 6) is 0. The van der Waals surface area contributed by atoms with Crippen molar-refractivity contribution in [2.24, 2.45) is 0 Å². The first-order valence-electron chi connectivity index (χ1n) is 17.1. The lowest BCUT2D eigenvalue weighted by atomic mass is 9.91. The molecule has 0 aliphatic rings. The van der Waals surface area contributed by atoms with E-state index in [9.17, 15) is 0 Å². The van der Waals surface area contributed by atoms with Gasteiger partial charge in [0.2, 0.25) is 0 Å². The van der Waals surface area contributed by atoms with Gasteiger partial charge in [-0.15, -0.1) is 0 Å². The molecule has 0 amide bonds. The molecule has 3 heterocycles. The second-order valence-corrected chi connectivity index (χ2v) is 13.1. The Morgan fingerprint density at radius 2 is 0.820 bits per heavy atom. The van der Waals surface area contributed by atoms with Gasteiger partial charge in [-0.3, -0.25) is 4.98 Å². The van der Waals surface area contributed by atoms with Gasteiger partial charge in [-0.1, -0.05) is 121 Å². The van der Waals surface area contributed by atoms with Crippen molar-refractivity contribution >= 4 is 75.9 Å². The third kappa shape index (κ3) is 3.77. The summed E-state index contributed by atoms with van der Waals surface area (Å²) < 4.78 is 4.77. The fraction of sp³-hybridized carbons (Fsp3) is 0. The molecule has 0 unspecified atom stereocenters. The minimum absolute atomic E-state index is 0.965. The van der Waals surface area contributed by atoms with Gasteiger partial charge >= 0.3 is 0 Å². The Bertz CT molecular complexity index is 3080. The summed E-state index contributed by atoms with van der Waals surface area (Å²) in [6.07, 6.45) is 2.04. The molecular formula is C47H29N3. The zero-order chi connectivity index (χ0) is 32.8. The molecule has 232 valence electrons. The van der Waals surface area contributed by atoms with Gasteiger partial charge in [0, 0.05) is 32.8 Å². The van der Waals surface area contributed by atoms with Crippen LogP contribution in [0.4, 0.5) is 0 Å². The third-order valence-corrected chi connectivity index (χ3v) is 10.5. The highest BCUT2D eigenvalue weighted by molar-refractivity contribution is 6.28. The van der Waals surface area contributed by atoms with E-state index in [1.165, 1.54) is 70.4 Å². The van der Waals surface area contributed by atoms with Crippen LogP contribution < -0.4 is 0 Å². The van der Waals surface area contributed by atoms with Crippen LogP contribution in [0.1, 0.15) is 0 Å². The maximum atomic E-state index is 5.19. The number of aromatic nitrogens is 3. The van der Waals surface area contributed by atoms with Gasteiger partial charge in [-0.25, -0.2) is 0 Å². The van der Waals surface area contributed by atoms with Crippen molar-refractivity contribution in [3.63, 3.8) is 0 Å². The van der Waals surface area contributed by atoms with Crippen LogP contribution in [0.25, 0.3) is 98.6 Å². The standard InChI is InChI=1S/C47H29N3/c1-2-13-30(14-3-1)49-43-23-10-8-18-35(43)40-27-41-36-19-9-11-24-44(36)50(46(41)28-45(40)49)31-25-26-42(48-29-31)39-22-12-21-38-34-16-5-4-15-32(34)33-17-6-7-20-37(33)47(38)39/h1-29H. The van der Waals surface area contributed by atoms with Crippen molar-refractivity contribution in [1.29, 1.82) is 0 Å². The summed E-state index contributed by atoms with van der Waals surface area (Å²) in [4.78, 5) is 5.19. The third-order valence-electron chi connectivity index (χ3n) is 10.5. The largest absolute Gasteiger partial charge is 0.309 e. The van der Waals surface area contributed by atoms with Crippen LogP contribution in [0.15, 0.2) is 176 Å². The topological polar surface area (TPSA) is 22.8 Å². The van der Waals surface area contributed by atoms with Crippen molar-refractivity contribution in [1.82, 2.24) is 14.1 Å². The Hall–Kier alpha value is -6.71. The fourth-order valence-electron chi connectivity index (χ4n) is 8.41. The Morgan fingerprint density at radius 1 is 0.320 bits per heavy atom. The van der Waals surface area contributed by atoms with Crippen molar-refractivity contribution in [2.45, 2.75) is 0 Å². The second-order valence-electron chi connectivity index (χ2n) is 13.1. The molecule has 3 nitrogen and oxygen atoms in total. The van der Waals surface area contributed by atoms with Gasteiger partial charge in [0.05, 0.1) is 39.6 Å². The van der Waals surface area contributed by atoms with Gasteiger partial charge in [-0.2, -0.15) is 0 Å². The molecule has 8 aromatic carbocycles. The van der Waals surface area contributed by atoms with E-state index in [1.807, 2.05) is 6.20 Å². The lowest BCUT2D eigenvalue weighted by Crippen LogP contribution is -1.97. The summed E-state index contributed by atoms with van der Waals surface area (Å²) in [6, 6.07) is 61.4. The van der Waals surface area contributed by atoms with Crippen molar-refractivity contribution in [3.8, 4) is 22.6 Å². The number of rotatable bonds is 3. The lowest BCUT2D eigenvalue weighted by Gasteiger charge is -2.14. The smallest absolute Gasteiger partial charge is 0.0710 e. The number of fused-ring (bicyclic) bond motifs is 12. The van der Waals surface area contributed by atoms with Gasteiger partial charge in [-0.05, 0) is 80.8 Å². The molecule has 0 aliphatic heterocycles. The lowest BCUT2D eigenvalue weighted by molar-refractivity contribution is 1.14. The summed E-state index contributed by atoms with van der Waals surface area (Å²) in [6.45, 7) is 0. The Labute approximate surface area is 287 Å². The molecule has 0 fully saturated rings. The molecule has 11 rings (SSSR count). The second kappa shape index (κ2) is 10.4. The quantitative estimate of drug-likeness (QED) is 0.177. The number of hydrogen-bond acceptors (Lipinski definition) is 1. The SMILES string of the molecule is c1ccc(-n2c3ccccc3c3cc4c5ccccc5n(-c5ccc(-c6cccc7c8ccccc8c8ccccc8c67)nc5)c4cc32)cc1. The van der Waals surface area contributed by atoms with Crippen LogP contribution in [-0.2, 0) is 0 Å². The first-order chi connectivity index (χ1) is 24.8. The minimum atomic E-state index is 0.965. The van der Waals surface area contributed by atoms with E-state index in [0.29, 0.717) is 0 Å². The molecule has 11 aromatic rings. The summed E-state index contributed by atoms with van der Waals surface area (Å²) in [5, 5.41) is 12.5. The van der Waals surface area contributed by atoms with Crippen LogP contribution >= 0.6 is 0 Å². The average molecular weight is 636 g/mol. The average Bonchev–Trinajstić information content (AvgIpc) is 3.69. The van der Waals surface area contributed by atoms with Gasteiger partial charge in [0.15, 0.2) is 0 Å². The number of nitrogens with zero attached hydrogens (tertiary/aromatic N) is 3. The van der Waals surface area contributed by atoms with Crippen molar-refractivity contribution in [3.05, 3.63) is 176 Å². The van der Waals surface area contributed by atoms with E-state index >= 15 is 0 Å². The molecule has 0 saturated heterocycles. The molecular weight excluding hydrogens is 607 g/mol. The van der Waals surface area contributed by atoms with E-state index < -0.39 is 0 Å². The monoisotopic (exact) mass is 635 g/mol. The first kappa shape index (κ1) is 27.3. The van der Waals surface area contributed by atoms with Gasteiger partial charge in [0.1, 0.15) is 0 Å². The normalized spacial score (nSPS) is 12.0. The van der Waals surface area contributed by atoms with Crippen LogP contribution in [0.3, 0.4) is 0 Å². The molecule has 0 radical (unpaired) electrons. The zero-order valence-corrected chi connectivity index (χ0v) is 27.1. The number of para-hydroxylation sites is 3. The summed E-state index contributed by atoms with van der Waals surface area (Å²) in [5.41, 5.74) is 9.03.